The number of benzene rings is 2. The Morgan fingerprint density at radius 1 is 1.10 bits per heavy atom. The smallest absolute Gasteiger partial charge is 0.259 e. The first-order chi connectivity index (χ1) is 14.5. The molecule has 0 saturated carbocycles. The fraction of sp³-hybridized carbons (Fsp3) is 0.190. The van der Waals surface area contributed by atoms with E-state index in [1.807, 2.05) is 0 Å². The van der Waals surface area contributed by atoms with Crippen LogP contribution in [0.3, 0.4) is 0 Å². The number of carbonyl (C=O) groups is 2. The summed E-state index contributed by atoms with van der Waals surface area (Å²) in [5.74, 6) is 0.530. The molecule has 158 valence electrons. The van der Waals surface area contributed by atoms with Gasteiger partial charge in [0.25, 0.3) is 11.8 Å². The number of rotatable bonds is 11. The van der Waals surface area contributed by atoms with E-state index in [4.69, 9.17) is 25.8 Å². The SMILES string of the molecule is C=CCOc1ccc(/C=N\NC(=O)CNC(=O)COc2ccccc2Cl)cc1OC. The van der Waals surface area contributed by atoms with E-state index in [-0.39, 0.29) is 13.2 Å². The molecule has 2 aromatic carbocycles. The molecule has 0 radical (unpaired) electrons. The van der Waals surface area contributed by atoms with Gasteiger partial charge in [-0.15, -0.1) is 0 Å². The maximum absolute atomic E-state index is 11.8. The fourth-order valence-electron chi connectivity index (χ4n) is 2.19. The van der Waals surface area contributed by atoms with Crippen molar-refractivity contribution in [2.24, 2.45) is 5.10 Å². The van der Waals surface area contributed by atoms with E-state index in [0.717, 1.165) is 0 Å². The number of hydrogen-bond acceptors (Lipinski definition) is 6. The van der Waals surface area contributed by atoms with Crippen LogP contribution in [0.15, 0.2) is 60.2 Å². The Kier molecular flexibility index (Phi) is 9.20. The fourth-order valence-corrected chi connectivity index (χ4v) is 2.38. The van der Waals surface area contributed by atoms with Crippen LogP contribution >= 0.6 is 11.6 Å². The first-order valence-electron chi connectivity index (χ1n) is 8.91. The molecule has 0 heterocycles. The number of methoxy groups -OCH3 is 1. The molecular formula is C21H22ClN3O5. The van der Waals surface area contributed by atoms with Gasteiger partial charge in [-0.25, -0.2) is 5.43 Å². The number of para-hydroxylation sites is 1. The van der Waals surface area contributed by atoms with Crippen molar-refractivity contribution in [3.63, 3.8) is 0 Å². The molecule has 0 saturated heterocycles. The lowest BCUT2D eigenvalue weighted by molar-refractivity contribution is -0.127. The molecule has 0 bridgehead atoms. The molecule has 9 heteroatoms. The summed E-state index contributed by atoms with van der Waals surface area (Å²) in [5.41, 5.74) is 3.01. The van der Waals surface area contributed by atoms with Crippen molar-refractivity contribution in [3.8, 4) is 17.2 Å². The predicted octanol–water partition coefficient (Wildman–Crippen LogP) is 2.56. The van der Waals surface area contributed by atoms with Gasteiger partial charge in [0, 0.05) is 0 Å². The van der Waals surface area contributed by atoms with Crippen molar-refractivity contribution < 1.29 is 23.8 Å². The van der Waals surface area contributed by atoms with Crippen molar-refractivity contribution >= 4 is 29.6 Å². The molecule has 0 unspecified atom stereocenters. The van der Waals surface area contributed by atoms with Crippen LogP contribution in [0.5, 0.6) is 17.2 Å². The monoisotopic (exact) mass is 431 g/mol. The largest absolute Gasteiger partial charge is 0.493 e. The zero-order valence-electron chi connectivity index (χ0n) is 16.4. The van der Waals surface area contributed by atoms with Gasteiger partial charge in [0.1, 0.15) is 12.4 Å². The maximum atomic E-state index is 11.8. The molecule has 30 heavy (non-hydrogen) atoms. The number of halogens is 1. The van der Waals surface area contributed by atoms with E-state index in [2.05, 4.69) is 22.4 Å². The number of ether oxygens (including phenoxy) is 3. The third-order valence-corrected chi connectivity index (χ3v) is 3.90. The Hall–Kier alpha value is -3.52. The van der Waals surface area contributed by atoms with Crippen LogP contribution in [0.25, 0.3) is 0 Å². The van der Waals surface area contributed by atoms with Crippen LogP contribution < -0.4 is 25.0 Å². The summed E-state index contributed by atoms with van der Waals surface area (Å²) in [5, 5.41) is 6.68. The zero-order valence-corrected chi connectivity index (χ0v) is 17.1. The van der Waals surface area contributed by atoms with Crippen molar-refractivity contribution in [2.45, 2.75) is 0 Å². The van der Waals surface area contributed by atoms with Crippen molar-refractivity contribution in [1.29, 1.82) is 0 Å². The molecule has 8 nitrogen and oxygen atoms in total. The molecule has 0 aliphatic heterocycles. The summed E-state index contributed by atoms with van der Waals surface area (Å²) < 4.78 is 16.0. The standard InChI is InChI=1S/C21H22ClN3O5/c1-3-10-29-18-9-8-15(11-19(18)28-2)12-24-25-20(26)13-23-21(27)14-30-17-7-5-4-6-16(17)22/h3-9,11-12H,1,10,13-14H2,2H3,(H,23,27)(H,25,26)/b24-12-. The molecule has 2 amide bonds. The average Bonchev–Trinajstić information content (AvgIpc) is 2.76. The van der Waals surface area contributed by atoms with E-state index >= 15 is 0 Å². The first-order valence-corrected chi connectivity index (χ1v) is 9.29. The van der Waals surface area contributed by atoms with Gasteiger partial charge in [-0.3, -0.25) is 9.59 Å². The Morgan fingerprint density at radius 3 is 2.63 bits per heavy atom. The quantitative estimate of drug-likeness (QED) is 0.323. The topological polar surface area (TPSA) is 98.2 Å². The minimum absolute atomic E-state index is 0.250. The van der Waals surface area contributed by atoms with Gasteiger partial charge in [0.2, 0.25) is 0 Å². The molecule has 0 aliphatic rings. The summed E-state index contributed by atoms with van der Waals surface area (Å²) in [7, 11) is 1.52. The molecule has 2 aromatic rings. The van der Waals surface area contributed by atoms with E-state index in [9.17, 15) is 9.59 Å². The van der Waals surface area contributed by atoms with Gasteiger partial charge >= 0.3 is 0 Å². The van der Waals surface area contributed by atoms with Gasteiger partial charge < -0.3 is 19.5 Å². The van der Waals surface area contributed by atoms with Crippen LogP contribution in [-0.4, -0.2) is 44.9 Å². The third-order valence-electron chi connectivity index (χ3n) is 3.59. The molecular weight excluding hydrogens is 410 g/mol. The average molecular weight is 432 g/mol. The molecule has 2 N–H and O–H groups in total. The molecule has 0 aliphatic carbocycles. The van der Waals surface area contributed by atoms with Gasteiger partial charge in [0.15, 0.2) is 18.1 Å². The molecule has 0 spiro atoms. The molecule has 0 aromatic heterocycles. The van der Waals surface area contributed by atoms with Crippen molar-refractivity contribution in [1.82, 2.24) is 10.7 Å². The number of nitrogens with one attached hydrogen (secondary N) is 2. The van der Waals surface area contributed by atoms with Gasteiger partial charge in [-0.05, 0) is 35.9 Å². The number of hydrogen-bond donors (Lipinski definition) is 2. The highest BCUT2D eigenvalue weighted by Crippen LogP contribution is 2.27. The highest BCUT2D eigenvalue weighted by molar-refractivity contribution is 6.32. The predicted molar refractivity (Wildman–Crippen MR) is 114 cm³/mol. The van der Waals surface area contributed by atoms with Crippen molar-refractivity contribution in [2.75, 3.05) is 26.9 Å². The van der Waals surface area contributed by atoms with Crippen LogP contribution in [0.1, 0.15) is 5.56 Å². The van der Waals surface area contributed by atoms with Gasteiger partial charge in [-0.1, -0.05) is 36.4 Å². The molecule has 2 rings (SSSR count). The van der Waals surface area contributed by atoms with Crippen LogP contribution in [0.2, 0.25) is 5.02 Å². The second kappa shape index (κ2) is 12.1. The van der Waals surface area contributed by atoms with Crippen LogP contribution in [0.4, 0.5) is 0 Å². The second-order valence-corrected chi connectivity index (χ2v) is 6.21. The normalized spacial score (nSPS) is 10.3. The minimum Gasteiger partial charge on any atom is -0.493 e. The number of hydrazone groups is 1. The lowest BCUT2D eigenvalue weighted by Gasteiger charge is -2.09. The van der Waals surface area contributed by atoms with Crippen LogP contribution in [0, 0.1) is 0 Å². The van der Waals surface area contributed by atoms with E-state index in [1.165, 1.54) is 13.3 Å². The summed E-state index contributed by atoms with van der Waals surface area (Å²) in [6.07, 6.45) is 3.08. The lowest BCUT2D eigenvalue weighted by atomic mass is 10.2. The van der Waals surface area contributed by atoms with E-state index in [1.54, 1.807) is 48.5 Å². The lowest BCUT2D eigenvalue weighted by Crippen LogP contribution is -2.37. The van der Waals surface area contributed by atoms with E-state index in [0.29, 0.717) is 34.4 Å². The molecule has 0 atom stereocenters. The Balaban J connectivity index is 1.75. The minimum atomic E-state index is -0.491. The third kappa shape index (κ3) is 7.48. The number of carbonyl (C=O) groups excluding carboxylic acids is 2. The Bertz CT molecular complexity index is 917. The summed E-state index contributed by atoms with van der Waals surface area (Å²) in [6.45, 7) is 3.44. The second-order valence-electron chi connectivity index (χ2n) is 5.80. The Morgan fingerprint density at radius 2 is 1.90 bits per heavy atom. The summed E-state index contributed by atoms with van der Waals surface area (Å²) in [6, 6.07) is 12.0. The summed E-state index contributed by atoms with van der Waals surface area (Å²) in [4.78, 5) is 23.6. The van der Waals surface area contributed by atoms with Gasteiger partial charge in [-0.2, -0.15) is 5.10 Å². The summed E-state index contributed by atoms with van der Waals surface area (Å²) >= 11 is 5.94. The number of amides is 2. The zero-order chi connectivity index (χ0) is 21.8. The van der Waals surface area contributed by atoms with Gasteiger partial charge in [0.05, 0.1) is 24.9 Å². The first kappa shape index (κ1) is 22.8. The van der Waals surface area contributed by atoms with E-state index < -0.39 is 11.8 Å². The number of nitrogens with zero attached hydrogens (tertiary/aromatic N) is 1. The maximum Gasteiger partial charge on any atom is 0.259 e. The highest BCUT2D eigenvalue weighted by atomic mass is 35.5. The highest BCUT2D eigenvalue weighted by Gasteiger charge is 2.08. The van der Waals surface area contributed by atoms with Crippen molar-refractivity contribution in [3.05, 3.63) is 65.7 Å². The van der Waals surface area contributed by atoms with Crippen LogP contribution in [-0.2, 0) is 9.59 Å². The Labute approximate surface area is 179 Å². The molecule has 0 fully saturated rings.